The number of carbonyl (C=O) groups is 2. The van der Waals surface area contributed by atoms with Gasteiger partial charge in [-0.1, -0.05) is 36.8 Å². The number of benzene rings is 1. The summed E-state index contributed by atoms with van der Waals surface area (Å²) in [6.45, 7) is 6.33. The van der Waals surface area contributed by atoms with Crippen LogP contribution in [0, 0.1) is 6.92 Å². The van der Waals surface area contributed by atoms with Gasteiger partial charge >= 0.3 is 5.97 Å². The van der Waals surface area contributed by atoms with Crippen molar-refractivity contribution >= 4 is 11.9 Å². The smallest absolute Gasteiger partial charge is 0.317 e. The van der Waals surface area contributed by atoms with Crippen LogP contribution in [0.2, 0.25) is 0 Å². The molecular formula is C19H28N2O3. The van der Waals surface area contributed by atoms with Gasteiger partial charge in [-0.3, -0.25) is 14.5 Å². The van der Waals surface area contributed by atoms with Crippen molar-refractivity contribution in [2.75, 3.05) is 26.2 Å². The van der Waals surface area contributed by atoms with E-state index in [9.17, 15) is 9.59 Å². The predicted molar refractivity (Wildman–Crippen MR) is 94.0 cm³/mol. The Balaban J connectivity index is 1.77. The number of likely N-dealkylation sites (tertiary alicyclic amines) is 1. The van der Waals surface area contributed by atoms with Crippen molar-refractivity contribution in [1.29, 1.82) is 0 Å². The zero-order valence-electron chi connectivity index (χ0n) is 14.7. The summed E-state index contributed by atoms with van der Waals surface area (Å²) in [5.74, 6) is -0.580. The van der Waals surface area contributed by atoms with Crippen LogP contribution in [0.3, 0.4) is 0 Å². The van der Waals surface area contributed by atoms with Crippen molar-refractivity contribution in [1.82, 2.24) is 9.80 Å². The molecule has 1 N–H and O–H groups in total. The molecule has 1 aromatic carbocycles. The van der Waals surface area contributed by atoms with Gasteiger partial charge in [0, 0.05) is 25.6 Å². The number of piperidine rings is 1. The minimum atomic E-state index is -0.784. The Kier molecular flexibility index (Phi) is 6.79. The third-order valence-electron chi connectivity index (χ3n) is 4.83. The van der Waals surface area contributed by atoms with Crippen molar-refractivity contribution in [3.8, 4) is 0 Å². The van der Waals surface area contributed by atoms with Gasteiger partial charge in [-0.25, -0.2) is 0 Å². The molecule has 0 unspecified atom stereocenters. The number of rotatable bonds is 7. The standard InChI is InChI=1S/C19H28N2O3/c1-3-20(14-19(23)24)17-10-12-21(13-11-17)18(22)9-8-16-6-4-15(2)5-7-16/h4-7,17H,3,8-14H2,1-2H3,(H,23,24). The van der Waals surface area contributed by atoms with Crippen LogP contribution in [0.4, 0.5) is 0 Å². The van der Waals surface area contributed by atoms with Crippen LogP contribution in [-0.4, -0.2) is 59.0 Å². The molecule has 1 aromatic rings. The number of hydrogen-bond donors (Lipinski definition) is 1. The topological polar surface area (TPSA) is 60.9 Å². The predicted octanol–water partition coefficient (Wildman–Crippen LogP) is 2.33. The molecule has 0 spiro atoms. The fourth-order valence-corrected chi connectivity index (χ4v) is 3.32. The average molecular weight is 332 g/mol. The van der Waals surface area contributed by atoms with Gasteiger partial charge in [-0.2, -0.15) is 0 Å². The highest BCUT2D eigenvalue weighted by atomic mass is 16.4. The highest BCUT2D eigenvalue weighted by molar-refractivity contribution is 5.76. The Hall–Kier alpha value is -1.88. The number of aliphatic carboxylic acids is 1. The van der Waals surface area contributed by atoms with E-state index >= 15 is 0 Å². The van der Waals surface area contributed by atoms with E-state index < -0.39 is 5.97 Å². The molecule has 2 rings (SSSR count). The average Bonchev–Trinajstić information content (AvgIpc) is 2.59. The molecule has 1 amide bonds. The highest BCUT2D eigenvalue weighted by Crippen LogP contribution is 2.18. The van der Waals surface area contributed by atoms with Crippen molar-refractivity contribution in [2.24, 2.45) is 0 Å². The molecule has 1 aliphatic rings. The van der Waals surface area contributed by atoms with E-state index in [-0.39, 0.29) is 18.5 Å². The van der Waals surface area contributed by atoms with Gasteiger partial charge in [-0.15, -0.1) is 0 Å². The quantitative estimate of drug-likeness (QED) is 0.832. The van der Waals surface area contributed by atoms with E-state index in [0.29, 0.717) is 6.42 Å². The Morgan fingerprint density at radius 2 is 1.83 bits per heavy atom. The fraction of sp³-hybridized carbons (Fsp3) is 0.579. The molecule has 1 heterocycles. The fourth-order valence-electron chi connectivity index (χ4n) is 3.32. The van der Waals surface area contributed by atoms with Gasteiger partial charge in [0.25, 0.3) is 0 Å². The normalized spacial score (nSPS) is 15.7. The monoisotopic (exact) mass is 332 g/mol. The first-order valence-electron chi connectivity index (χ1n) is 8.78. The summed E-state index contributed by atoms with van der Waals surface area (Å²) in [4.78, 5) is 27.2. The van der Waals surface area contributed by atoms with Gasteiger partial charge in [0.1, 0.15) is 0 Å². The summed E-state index contributed by atoms with van der Waals surface area (Å²) >= 11 is 0. The Bertz CT molecular complexity index is 548. The molecule has 0 aliphatic carbocycles. The molecule has 1 saturated heterocycles. The minimum absolute atomic E-state index is 0.0859. The molecule has 0 atom stereocenters. The van der Waals surface area contributed by atoms with E-state index in [0.717, 1.165) is 38.9 Å². The second-order valence-electron chi connectivity index (χ2n) is 6.55. The zero-order valence-corrected chi connectivity index (χ0v) is 14.7. The van der Waals surface area contributed by atoms with E-state index in [1.807, 2.05) is 16.7 Å². The third kappa shape index (κ3) is 5.34. The zero-order chi connectivity index (χ0) is 17.5. The number of likely N-dealkylation sites (N-methyl/N-ethyl adjacent to an activating group) is 1. The van der Waals surface area contributed by atoms with Gasteiger partial charge in [0.15, 0.2) is 0 Å². The SMILES string of the molecule is CCN(CC(=O)O)C1CCN(C(=O)CCc2ccc(C)cc2)CC1. The van der Waals surface area contributed by atoms with Crippen molar-refractivity contribution in [3.63, 3.8) is 0 Å². The van der Waals surface area contributed by atoms with Crippen LogP contribution >= 0.6 is 0 Å². The molecule has 5 nitrogen and oxygen atoms in total. The lowest BCUT2D eigenvalue weighted by Crippen LogP contribution is -2.48. The summed E-state index contributed by atoms with van der Waals surface area (Å²) in [5, 5.41) is 8.97. The number of carbonyl (C=O) groups excluding carboxylic acids is 1. The van der Waals surface area contributed by atoms with E-state index in [2.05, 4.69) is 31.2 Å². The first kappa shape index (κ1) is 18.5. The second-order valence-corrected chi connectivity index (χ2v) is 6.55. The maximum absolute atomic E-state index is 12.4. The molecular weight excluding hydrogens is 304 g/mol. The lowest BCUT2D eigenvalue weighted by molar-refractivity contribution is -0.140. The largest absolute Gasteiger partial charge is 0.480 e. The molecule has 5 heteroatoms. The lowest BCUT2D eigenvalue weighted by Gasteiger charge is -2.37. The molecule has 132 valence electrons. The first-order chi connectivity index (χ1) is 11.5. The third-order valence-corrected chi connectivity index (χ3v) is 4.83. The van der Waals surface area contributed by atoms with E-state index in [1.54, 1.807) is 0 Å². The molecule has 24 heavy (non-hydrogen) atoms. The number of aryl methyl sites for hydroxylation is 2. The summed E-state index contributed by atoms with van der Waals surface area (Å²) in [5.41, 5.74) is 2.43. The summed E-state index contributed by atoms with van der Waals surface area (Å²) in [7, 11) is 0. The summed E-state index contributed by atoms with van der Waals surface area (Å²) in [6.07, 6.45) is 3.04. The van der Waals surface area contributed by atoms with Crippen molar-refractivity contribution < 1.29 is 14.7 Å². The van der Waals surface area contributed by atoms with Gasteiger partial charge in [0.05, 0.1) is 6.54 Å². The van der Waals surface area contributed by atoms with E-state index in [1.165, 1.54) is 11.1 Å². The first-order valence-corrected chi connectivity index (χ1v) is 8.78. The number of hydrogen-bond acceptors (Lipinski definition) is 3. The second kappa shape index (κ2) is 8.83. The van der Waals surface area contributed by atoms with Crippen LogP contribution in [0.25, 0.3) is 0 Å². The highest BCUT2D eigenvalue weighted by Gasteiger charge is 2.26. The molecule has 0 saturated carbocycles. The number of nitrogens with zero attached hydrogens (tertiary/aromatic N) is 2. The summed E-state index contributed by atoms with van der Waals surface area (Å²) in [6, 6.07) is 8.59. The summed E-state index contributed by atoms with van der Waals surface area (Å²) < 4.78 is 0. The maximum atomic E-state index is 12.4. The molecule has 1 fully saturated rings. The Morgan fingerprint density at radius 3 is 2.38 bits per heavy atom. The van der Waals surface area contributed by atoms with Crippen LogP contribution in [0.1, 0.15) is 37.3 Å². The Labute approximate surface area is 144 Å². The molecule has 0 aromatic heterocycles. The number of amides is 1. The van der Waals surface area contributed by atoms with Crippen LogP contribution < -0.4 is 0 Å². The van der Waals surface area contributed by atoms with Gasteiger partial charge in [0.2, 0.25) is 5.91 Å². The van der Waals surface area contributed by atoms with Crippen LogP contribution in [-0.2, 0) is 16.0 Å². The van der Waals surface area contributed by atoms with Crippen LogP contribution in [0.5, 0.6) is 0 Å². The van der Waals surface area contributed by atoms with E-state index in [4.69, 9.17) is 5.11 Å². The Morgan fingerprint density at radius 1 is 1.21 bits per heavy atom. The van der Waals surface area contributed by atoms with Crippen molar-refractivity contribution in [3.05, 3.63) is 35.4 Å². The molecule has 0 bridgehead atoms. The minimum Gasteiger partial charge on any atom is -0.480 e. The van der Waals surface area contributed by atoms with Crippen molar-refractivity contribution in [2.45, 2.75) is 45.6 Å². The molecule has 0 radical (unpaired) electrons. The van der Waals surface area contributed by atoms with Crippen LogP contribution in [0.15, 0.2) is 24.3 Å². The van der Waals surface area contributed by atoms with Gasteiger partial charge in [-0.05, 0) is 38.3 Å². The number of carboxylic acid groups (broad SMARTS) is 1. The maximum Gasteiger partial charge on any atom is 0.317 e. The number of carboxylic acids is 1. The lowest BCUT2D eigenvalue weighted by atomic mass is 10.0. The molecule has 1 aliphatic heterocycles. The van der Waals surface area contributed by atoms with Gasteiger partial charge < -0.3 is 10.0 Å².